The van der Waals surface area contributed by atoms with Crippen molar-refractivity contribution in [2.45, 2.75) is 22.1 Å². The molecule has 3 aromatic rings. The van der Waals surface area contributed by atoms with Crippen molar-refractivity contribution in [3.63, 3.8) is 0 Å². The number of carbonyl (C=O) groups is 1. The summed E-state index contributed by atoms with van der Waals surface area (Å²) >= 11 is 2.66. The molecular weight excluding hydrogens is 454 g/mol. The number of hydrogen-bond acceptors (Lipinski definition) is 8. The Hall–Kier alpha value is -2.47. The van der Waals surface area contributed by atoms with Gasteiger partial charge < -0.3 is 10.6 Å². The van der Waals surface area contributed by atoms with Gasteiger partial charge in [0.15, 0.2) is 4.34 Å². The highest BCUT2D eigenvalue weighted by Gasteiger charge is 2.26. The summed E-state index contributed by atoms with van der Waals surface area (Å²) in [5.41, 5.74) is 1.47. The van der Waals surface area contributed by atoms with E-state index < -0.39 is 10.0 Å². The zero-order valence-electron chi connectivity index (χ0n) is 16.5. The van der Waals surface area contributed by atoms with Gasteiger partial charge in [-0.3, -0.25) is 4.79 Å². The molecule has 0 atom stereocenters. The molecule has 1 aliphatic rings. The quantitative estimate of drug-likeness (QED) is 0.478. The Morgan fingerprint density at radius 3 is 2.42 bits per heavy atom. The monoisotopic (exact) mass is 475 g/mol. The van der Waals surface area contributed by atoms with Crippen molar-refractivity contribution in [3.8, 4) is 0 Å². The highest BCUT2D eigenvalue weighted by molar-refractivity contribution is 8.01. The van der Waals surface area contributed by atoms with Gasteiger partial charge in [0.2, 0.25) is 21.1 Å². The molecule has 1 saturated heterocycles. The minimum absolute atomic E-state index is 0.174. The van der Waals surface area contributed by atoms with Gasteiger partial charge in [0, 0.05) is 24.5 Å². The van der Waals surface area contributed by atoms with Gasteiger partial charge in [-0.15, -0.1) is 10.2 Å². The van der Waals surface area contributed by atoms with Crippen LogP contribution in [0.1, 0.15) is 12.8 Å². The summed E-state index contributed by atoms with van der Waals surface area (Å²) in [6, 6.07) is 15.9. The lowest BCUT2D eigenvalue weighted by molar-refractivity contribution is -0.113. The van der Waals surface area contributed by atoms with Gasteiger partial charge >= 0.3 is 0 Å². The molecule has 1 aromatic heterocycles. The van der Waals surface area contributed by atoms with Gasteiger partial charge in [0.25, 0.3) is 0 Å². The number of aromatic nitrogens is 2. The molecular formula is C20H21N5O3S3. The minimum Gasteiger partial charge on any atom is -0.330 e. The van der Waals surface area contributed by atoms with E-state index in [0.717, 1.165) is 18.5 Å². The van der Waals surface area contributed by atoms with Gasteiger partial charge in [0.05, 0.1) is 10.6 Å². The molecule has 0 bridgehead atoms. The lowest BCUT2D eigenvalue weighted by Gasteiger charge is -2.15. The van der Waals surface area contributed by atoms with Crippen LogP contribution < -0.4 is 10.6 Å². The molecule has 0 spiro atoms. The zero-order chi connectivity index (χ0) is 21.7. The summed E-state index contributed by atoms with van der Waals surface area (Å²) in [6.07, 6.45) is 1.78. The van der Waals surface area contributed by atoms with Crippen LogP contribution in [0.2, 0.25) is 0 Å². The van der Waals surface area contributed by atoms with E-state index in [0.29, 0.717) is 28.2 Å². The molecule has 8 nitrogen and oxygen atoms in total. The second-order valence-electron chi connectivity index (χ2n) is 6.84. The van der Waals surface area contributed by atoms with Crippen LogP contribution in [0.4, 0.5) is 16.5 Å². The maximum absolute atomic E-state index is 12.6. The molecule has 11 heteroatoms. The van der Waals surface area contributed by atoms with Crippen molar-refractivity contribution in [3.05, 3.63) is 54.6 Å². The molecule has 162 valence electrons. The number of amides is 1. The van der Waals surface area contributed by atoms with Crippen LogP contribution in [0, 0.1) is 0 Å². The first-order valence-corrected chi connectivity index (χ1v) is 12.9. The first-order valence-electron chi connectivity index (χ1n) is 9.69. The number of nitrogens with one attached hydrogen (secondary N) is 2. The van der Waals surface area contributed by atoms with E-state index >= 15 is 0 Å². The number of para-hydroxylation sites is 1. The molecule has 1 fully saturated rings. The Labute approximate surface area is 189 Å². The van der Waals surface area contributed by atoms with E-state index in [1.54, 1.807) is 12.1 Å². The highest BCUT2D eigenvalue weighted by atomic mass is 32.2. The third-order valence-corrected chi connectivity index (χ3v) is 8.48. The highest BCUT2D eigenvalue weighted by Crippen LogP contribution is 2.28. The first-order chi connectivity index (χ1) is 15.0. The fourth-order valence-corrected chi connectivity index (χ4v) is 6.16. The third kappa shape index (κ3) is 5.62. The molecule has 1 amide bonds. The fraction of sp³-hybridized carbons (Fsp3) is 0.250. The third-order valence-electron chi connectivity index (χ3n) is 4.60. The van der Waals surface area contributed by atoms with Crippen molar-refractivity contribution in [1.29, 1.82) is 0 Å². The van der Waals surface area contributed by atoms with E-state index in [1.807, 2.05) is 30.3 Å². The molecule has 0 aliphatic carbocycles. The van der Waals surface area contributed by atoms with Crippen LogP contribution in [0.15, 0.2) is 63.8 Å². The topological polar surface area (TPSA) is 104 Å². The maximum atomic E-state index is 12.6. The second kappa shape index (κ2) is 9.77. The average Bonchev–Trinajstić information content (AvgIpc) is 3.46. The smallest absolute Gasteiger partial charge is 0.243 e. The average molecular weight is 476 g/mol. The summed E-state index contributed by atoms with van der Waals surface area (Å²) in [5.74, 6) is -0.0266. The molecule has 1 aliphatic heterocycles. The summed E-state index contributed by atoms with van der Waals surface area (Å²) in [4.78, 5) is 12.5. The summed E-state index contributed by atoms with van der Waals surface area (Å²) < 4.78 is 27.3. The Balaban J connectivity index is 1.28. The summed E-state index contributed by atoms with van der Waals surface area (Å²) in [7, 11) is -3.45. The lowest BCUT2D eigenvalue weighted by atomic mass is 10.3. The number of thioether (sulfide) groups is 1. The van der Waals surface area contributed by atoms with Crippen molar-refractivity contribution in [1.82, 2.24) is 14.5 Å². The van der Waals surface area contributed by atoms with Crippen molar-refractivity contribution in [2.75, 3.05) is 29.5 Å². The molecule has 0 unspecified atom stereocenters. The van der Waals surface area contributed by atoms with Crippen LogP contribution >= 0.6 is 23.1 Å². The van der Waals surface area contributed by atoms with Gasteiger partial charge in [-0.2, -0.15) is 4.31 Å². The number of carbonyl (C=O) groups excluding carboxylic acids is 1. The number of anilines is 3. The van der Waals surface area contributed by atoms with Crippen LogP contribution in [-0.4, -0.2) is 47.7 Å². The molecule has 4 rings (SSSR count). The van der Waals surface area contributed by atoms with Crippen molar-refractivity contribution < 1.29 is 13.2 Å². The van der Waals surface area contributed by atoms with E-state index in [-0.39, 0.29) is 16.6 Å². The van der Waals surface area contributed by atoms with Gasteiger partial charge in [-0.05, 0) is 49.2 Å². The molecule has 2 heterocycles. The number of sulfonamides is 1. The van der Waals surface area contributed by atoms with E-state index in [4.69, 9.17) is 0 Å². The summed E-state index contributed by atoms with van der Waals surface area (Å²) in [5, 5.41) is 14.8. The normalized spacial score (nSPS) is 14.5. The maximum Gasteiger partial charge on any atom is 0.243 e. The molecule has 0 saturated carbocycles. The second-order valence-corrected chi connectivity index (χ2v) is 11.0. The number of nitrogens with zero attached hydrogens (tertiary/aromatic N) is 3. The number of benzene rings is 2. The first kappa shape index (κ1) is 21.8. The SMILES string of the molecule is O=C(CSc1nnc(Nc2ccccc2)s1)Nc1ccc(S(=O)(=O)N2CCCC2)cc1. The van der Waals surface area contributed by atoms with E-state index in [9.17, 15) is 13.2 Å². The summed E-state index contributed by atoms with van der Waals surface area (Å²) in [6.45, 7) is 1.12. The van der Waals surface area contributed by atoms with Crippen LogP contribution in [0.25, 0.3) is 0 Å². The van der Waals surface area contributed by atoms with Crippen LogP contribution in [-0.2, 0) is 14.8 Å². The van der Waals surface area contributed by atoms with E-state index in [2.05, 4.69) is 20.8 Å². The molecule has 2 N–H and O–H groups in total. The molecule has 0 radical (unpaired) electrons. The predicted molar refractivity (Wildman–Crippen MR) is 123 cm³/mol. The van der Waals surface area contributed by atoms with Gasteiger partial charge in [-0.1, -0.05) is 41.3 Å². The lowest BCUT2D eigenvalue weighted by Crippen LogP contribution is -2.27. The minimum atomic E-state index is -3.45. The fourth-order valence-electron chi connectivity index (χ4n) is 3.08. The molecule has 31 heavy (non-hydrogen) atoms. The van der Waals surface area contributed by atoms with E-state index in [1.165, 1.54) is 39.5 Å². The Bertz CT molecular complexity index is 1130. The Morgan fingerprint density at radius 2 is 1.71 bits per heavy atom. The van der Waals surface area contributed by atoms with Gasteiger partial charge in [-0.25, -0.2) is 8.42 Å². The number of rotatable bonds is 8. The predicted octanol–water partition coefficient (Wildman–Crippen LogP) is 3.80. The Morgan fingerprint density at radius 1 is 1.00 bits per heavy atom. The van der Waals surface area contributed by atoms with Crippen molar-refractivity contribution in [2.24, 2.45) is 0 Å². The standard InChI is InChI=1S/C20H21N5O3S3/c26-18(14-29-20-24-23-19(30-20)22-15-6-2-1-3-7-15)21-16-8-10-17(11-9-16)31(27,28)25-12-4-5-13-25/h1-3,6-11H,4-5,12-14H2,(H,21,26)(H,22,23). The van der Waals surface area contributed by atoms with Crippen LogP contribution in [0.3, 0.4) is 0 Å². The number of hydrogen-bond donors (Lipinski definition) is 2. The zero-order valence-corrected chi connectivity index (χ0v) is 19.0. The Kier molecular flexibility index (Phi) is 6.86. The molecule has 2 aromatic carbocycles. The van der Waals surface area contributed by atoms with Crippen molar-refractivity contribution >= 4 is 55.5 Å². The van der Waals surface area contributed by atoms with Crippen LogP contribution in [0.5, 0.6) is 0 Å². The van der Waals surface area contributed by atoms with Gasteiger partial charge in [0.1, 0.15) is 0 Å². The largest absolute Gasteiger partial charge is 0.330 e.